The number of alkyl halides is 2. The summed E-state index contributed by atoms with van der Waals surface area (Å²) >= 11 is 0. The number of hydrogen-bond acceptors (Lipinski definition) is 4. The Bertz CT molecular complexity index is 1050. The summed E-state index contributed by atoms with van der Waals surface area (Å²) in [4.78, 5) is 3.90. The van der Waals surface area contributed by atoms with Crippen molar-refractivity contribution < 1.29 is 21.6 Å². The zero-order valence-corrected chi connectivity index (χ0v) is 14.2. The van der Waals surface area contributed by atoms with E-state index in [0.717, 1.165) is 5.56 Å². The molecular formula is C18H14F2N2O3S. The standard InChI is InChI=1S/C18H14F2N2O3S/c19-18(20)15(12-6-8-13(9-7-12)26(21,23)24)16(18)17-22-10-14(25-17)11-4-2-1-3-5-11/h1-10,15-16H,(H2,21,23,24)/t15-,16+/m0/s1. The first kappa shape index (κ1) is 16.9. The Morgan fingerprint density at radius 3 is 2.27 bits per heavy atom. The highest BCUT2D eigenvalue weighted by Crippen LogP contribution is 2.67. The zero-order valence-electron chi connectivity index (χ0n) is 13.3. The van der Waals surface area contributed by atoms with Crippen molar-refractivity contribution in [2.24, 2.45) is 5.14 Å². The molecule has 1 fully saturated rings. The molecule has 134 valence electrons. The van der Waals surface area contributed by atoms with Crippen LogP contribution in [0.3, 0.4) is 0 Å². The molecule has 2 atom stereocenters. The van der Waals surface area contributed by atoms with E-state index in [2.05, 4.69) is 4.98 Å². The molecular weight excluding hydrogens is 362 g/mol. The van der Waals surface area contributed by atoms with Gasteiger partial charge in [0, 0.05) is 5.56 Å². The molecule has 2 aromatic carbocycles. The molecule has 5 nitrogen and oxygen atoms in total. The van der Waals surface area contributed by atoms with Gasteiger partial charge in [-0.05, 0) is 17.7 Å². The van der Waals surface area contributed by atoms with E-state index < -0.39 is 27.8 Å². The van der Waals surface area contributed by atoms with Crippen molar-refractivity contribution in [2.45, 2.75) is 22.7 Å². The second kappa shape index (κ2) is 5.72. The number of nitrogens with zero attached hydrogens (tertiary/aromatic N) is 1. The predicted octanol–water partition coefficient (Wildman–Crippen LogP) is 3.51. The van der Waals surface area contributed by atoms with E-state index in [0.29, 0.717) is 11.3 Å². The van der Waals surface area contributed by atoms with Crippen LogP contribution in [0.2, 0.25) is 0 Å². The third kappa shape index (κ3) is 2.81. The summed E-state index contributed by atoms with van der Waals surface area (Å²) < 4.78 is 56.8. The number of hydrogen-bond donors (Lipinski definition) is 1. The number of oxazole rings is 1. The highest BCUT2D eigenvalue weighted by molar-refractivity contribution is 7.89. The van der Waals surface area contributed by atoms with E-state index >= 15 is 0 Å². The summed E-state index contributed by atoms with van der Waals surface area (Å²) in [6.07, 6.45) is 1.43. The third-order valence-electron chi connectivity index (χ3n) is 4.47. The monoisotopic (exact) mass is 376 g/mol. The van der Waals surface area contributed by atoms with Gasteiger partial charge in [0.25, 0.3) is 5.92 Å². The summed E-state index contributed by atoms with van der Waals surface area (Å²) in [7, 11) is -3.86. The maximum absolute atomic E-state index is 14.3. The van der Waals surface area contributed by atoms with Gasteiger partial charge in [-0.3, -0.25) is 0 Å². The molecule has 1 aliphatic carbocycles. The van der Waals surface area contributed by atoms with Gasteiger partial charge < -0.3 is 4.42 Å². The van der Waals surface area contributed by atoms with Crippen molar-refractivity contribution >= 4 is 10.0 Å². The van der Waals surface area contributed by atoms with E-state index in [4.69, 9.17) is 9.56 Å². The lowest BCUT2D eigenvalue weighted by atomic mass is 10.1. The molecule has 26 heavy (non-hydrogen) atoms. The number of halogens is 2. The van der Waals surface area contributed by atoms with Crippen LogP contribution in [0.4, 0.5) is 8.78 Å². The SMILES string of the molecule is NS(=O)(=O)c1ccc([C@H]2[C@H](c3ncc(-c4ccccc4)o3)C2(F)F)cc1. The summed E-state index contributed by atoms with van der Waals surface area (Å²) in [6, 6.07) is 14.2. The summed E-state index contributed by atoms with van der Waals surface area (Å²) in [5.41, 5.74) is 1.07. The van der Waals surface area contributed by atoms with Crippen LogP contribution in [0.1, 0.15) is 23.3 Å². The van der Waals surface area contributed by atoms with Crippen molar-refractivity contribution in [2.75, 3.05) is 0 Å². The molecule has 0 radical (unpaired) electrons. The number of primary sulfonamides is 1. The van der Waals surface area contributed by atoms with Crippen LogP contribution in [-0.2, 0) is 10.0 Å². The lowest BCUT2D eigenvalue weighted by molar-refractivity contribution is 0.101. The van der Waals surface area contributed by atoms with Crippen LogP contribution >= 0.6 is 0 Å². The summed E-state index contributed by atoms with van der Waals surface area (Å²) in [6.45, 7) is 0. The van der Waals surface area contributed by atoms with Gasteiger partial charge in [-0.25, -0.2) is 27.3 Å². The highest BCUT2D eigenvalue weighted by Gasteiger charge is 2.71. The molecule has 1 aliphatic rings. The normalized spacial score (nSPS) is 21.5. The van der Waals surface area contributed by atoms with Crippen LogP contribution in [0.15, 0.2) is 70.1 Å². The number of sulfonamides is 1. The average molecular weight is 376 g/mol. The number of nitrogens with two attached hydrogens (primary N) is 1. The van der Waals surface area contributed by atoms with Crippen molar-refractivity contribution in [3.05, 3.63) is 72.2 Å². The quantitative estimate of drug-likeness (QED) is 0.755. The van der Waals surface area contributed by atoms with Gasteiger partial charge in [-0.2, -0.15) is 0 Å². The summed E-state index contributed by atoms with van der Waals surface area (Å²) in [5, 5.41) is 5.03. The molecule has 0 spiro atoms. The van der Waals surface area contributed by atoms with E-state index in [-0.39, 0.29) is 10.8 Å². The molecule has 4 rings (SSSR count). The molecule has 0 bridgehead atoms. The Morgan fingerprint density at radius 2 is 1.65 bits per heavy atom. The predicted molar refractivity (Wildman–Crippen MR) is 90.2 cm³/mol. The van der Waals surface area contributed by atoms with Gasteiger partial charge in [0.05, 0.1) is 17.0 Å². The van der Waals surface area contributed by atoms with Gasteiger partial charge in [0.15, 0.2) is 5.76 Å². The Balaban J connectivity index is 1.62. The Labute approximate surface area is 148 Å². The first-order valence-corrected chi connectivity index (χ1v) is 9.35. The maximum atomic E-state index is 14.3. The third-order valence-corrected chi connectivity index (χ3v) is 5.40. The minimum absolute atomic E-state index is 0.0330. The fourth-order valence-corrected chi connectivity index (χ4v) is 3.60. The minimum Gasteiger partial charge on any atom is -0.440 e. The number of rotatable bonds is 4. The lowest BCUT2D eigenvalue weighted by Crippen LogP contribution is -2.11. The first-order valence-electron chi connectivity index (χ1n) is 7.80. The van der Waals surface area contributed by atoms with E-state index in [1.165, 1.54) is 30.5 Å². The zero-order chi connectivity index (χ0) is 18.5. The Morgan fingerprint density at radius 1 is 1.00 bits per heavy atom. The molecule has 8 heteroatoms. The second-order valence-electron chi connectivity index (χ2n) is 6.17. The van der Waals surface area contributed by atoms with Gasteiger partial charge in [-0.1, -0.05) is 42.5 Å². The summed E-state index contributed by atoms with van der Waals surface area (Å²) in [5.74, 6) is -4.91. The van der Waals surface area contributed by atoms with Gasteiger partial charge in [0.2, 0.25) is 15.9 Å². The van der Waals surface area contributed by atoms with Crippen LogP contribution in [-0.4, -0.2) is 19.3 Å². The molecule has 1 heterocycles. The molecule has 2 N–H and O–H groups in total. The average Bonchev–Trinajstić information content (AvgIpc) is 2.95. The fourth-order valence-electron chi connectivity index (χ4n) is 3.08. The van der Waals surface area contributed by atoms with Crippen molar-refractivity contribution in [3.63, 3.8) is 0 Å². The van der Waals surface area contributed by atoms with E-state index in [1.807, 2.05) is 18.2 Å². The van der Waals surface area contributed by atoms with Crippen molar-refractivity contribution in [1.82, 2.24) is 4.98 Å². The largest absolute Gasteiger partial charge is 0.440 e. The van der Waals surface area contributed by atoms with Gasteiger partial charge in [0.1, 0.15) is 5.92 Å². The molecule has 0 amide bonds. The molecule has 0 unspecified atom stereocenters. The van der Waals surface area contributed by atoms with E-state index in [1.54, 1.807) is 12.1 Å². The van der Waals surface area contributed by atoms with Crippen molar-refractivity contribution in [3.8, 4) is 11.3 Å². The topological polar surface area (TPSA) is 86.2 Å². The van der Waals surface area contributed by atoms with Gasteiger partial charge in [-0.15, -0.1) is 0 Å². The van der Waals surface area contributed by atoms with Crippen LogP contribution in [0.25, 0.3) is 11.3 Å². The molecule has 1 saturated carbocycles. The number of benzene rings is 2. The number of aromatic nitrogens is 1. The minimum atomic E-state index is -3.86. The molecule has 0 saturated heterocycles. The maximum Gasteiger partial charge on any atom is 0.268 e. The van der Waals surface area contributed by atoms with Crippen molar-refractivity contribution in [1.29, 1.82) is 0 Å². The van der Waals surface area contributed by atoms with Gasteiger partial charge >= 0.3 is 0 Å². The van der Waals surface area contributed by atoms with Crippen LogP contribution in [0.5, 0.6) is 0 Å². The fraction of sp³-hybridized carbons (Fsp3) is 0.167. The second-order valence-corrected chi connectivity index (χ2v) is 7.73. The Hall–Kier alpha value is -2.58. The lowest BCUT2D eigenvalue weighted by Gasteiger charge is -2.01. The van der Waals surface area contributed by atoms with Crippen LogP contribution < -0.4 is 5.14 Å². The Kier molecular flexibility index (Phi) is 3.71. The first-order chi connectivity index (χ1) is 12.3. The molecule has 3 aromatic rings. The molecule has 1 aromatic heterocycles. The highest BCUT2D eigenvalue weighted by atomic mass is 32.2. The molecule has 0 aliphatic heterocycles. The van der Waals surface area contributed by atoms with E-state index in [9.17, 15) is 17.2 Å². The smallest absolute Gasteiger partial charge is 0.268 e. The van der Waals surface area contributed by atoms with Crippen LogP contribution in [0, 0.1) is 0 Å².